The molecule has 0 aromatic carbocycles. The Morgan fingerprint density at radius 3 is 2.52 bits per heavy atom. The normalized spacial score (nSPS) is 19.3. The zero-order chi connectivity index (χ0) is 19.1. The molecule has 0 unspecified atom stereocenters. The van der Waals surface area contributed by atoms with Gasteiger partial charge in [0.15, 0.2) is 5.96 Å². The van der Waals surface area contributed by atoms with Crippen LogP contribution in [0.3, 0.4) is 0 Å². The number of pyridine rings is 1. The zero-order valence-corrected chi connectivity index (χ0v) is 16.7. The van der Waals surface area contributed by atoms with Crippen LogP contribution in [0.25, 0.3) is 0 Å². The Morgan fingerprint density at radius 1 is 1.11 bits per heavy atom. The highest BCUT2D eigenvalue weighted by atomic mass is 16.2. The first-order valence-corrected chi connectivity index (χ1v) is 10.0. The second-order valence-electron chi connectivity index (χ2n) is 7.37. The van der Waals surface area contributed by atoms with E-state index in [-0.39, 0.29) is 5.91 Å². The van der Waals surface area contributed by atoms with Crippen molar-refractivity contribution in [3.63, 3.8) is 0 Å². The van der Waals surface area contributed by atoms with Crippen molar-refractivity contribution >= 4 is 11.9 Å². The van der Waals surface area contributed by atoms with Crippen LogP contribution in [0.15, 0.2) is 23.3 Å². The quantitative estimate of drug-likeness (QED) is 0.633. The molecule has 2 fully saturated rings. The Balaban J connectivity index is 1.44. The smallest absolute Gasteiger partial charge is 0.236 e. The van der Waals surface area contributed by atoms with Gasteiger partial charge in [-0.05, 0) is 37.8 Å². The molecule has 1 aromatic heterocycles. The molecular formula is C20H32N6O. The number of piperazine rings is 1. The minimum absolute atomic E-state index is 0.288. The maximum Gasteiger partial charge on any atom is 0.236 e. The number of likely N-dealkylation sites (tertiary alicyclic amines) is 1. The van der Waals surface area contributed by atoms with Crippen LogP contribution in [0.1, 0.15) is 30.5 Å². The Labute approximate surface area is 162 Å². The molecule has 0 bridgehead atoms. The van der Waals surface area contributed by atoms with Crippen LogP contribution in [0.2, 0.25) is 0 Å². The molecule has 1 N–H and O–H groups in total. The third-order valence-electron chi connectivity index (χ3n) is 5.48. The number of hydrogen-bond donors (Lipinski definition) is 1. The average Bonchev–Trinajstić information content (AvgIpc) is 2.71. The molecule has 0 spiro atoms. The number of carbonyl (C=O) groups excluding carboxylic acids is 1. The zero-order valence-electron chi connectivity index (χ0n) is 16.7. The first-order valence-electron chi connectivity index (χ1n) is 10.0. The molecule has 7 heteroatoms. The van der Waals surface area contributed by atoms with Gasteiger partial charge in [-0.1, -0.05) is 6.07 Å². The number of guanidine groups is 1. The second kappa shape index (κ2) is 9.69. The first-order chi connectivity index (χ1) is 13.2. The number of amides is 1. The lowest BCUT2D eigenvalue weighted by Crippen LogP contribution is -2.54. The summed E-state index contributed by atoms with van der Waals surface area (Å²) in [5.74, 6) is 1.19. The fourth-order valence-electron chi connectivity index (χ4n) is 3.75. The van der Waals surface area contributed by atoms with Crippen molar-refractivity contribution in [3.8, 4) is 0 Å². The second-order valence-corrected chi connectivity index (χ2v) is 7.37. The monoisotopic (exact) mass is 372 g/mol. The van der Waals surface area contributed by atoms with Crippen LogP contribution in [0, 0.1) is 6.92 Å². The van der Waals surface area contributed by atoms with Gasteiger partial charge in [-0.3, -0.25) is 19.7 Å². The molecular weight excluding hydrogens is 340 g/mol. The van der Waals surface area contributed by atoms with Crippen molar-refractivity contribution in [2.24, 2.45) is 4.99 Å². The van der Waals surface area contributed by atoms with Crippen LogP contribution < -0.4 is 5.32 Å². The highest BCUT2D eigenvalue weighted by molar-refractivity contribution is 5.80. The van der Waals surface area contributed by atoms with Crippen LogP contribution in [-0.4, -0.2) is 84.4 Å². The van der Waals surface area contributed by atoms with Gasteiger partial charge in [0.25, 0.3) is 0 Å². The van der Waals surface area contributed by atoms with E-state index in [0.717, 1.165) is 63.8 Å². The number of rotatable bonds is 4. The van der Waals surface area contributed by atoms with Gasteiger partial charge in [-0.25, -0.2) is 0 Å². The van der Waals surface area contributed by atoms with Gasteiger partial charge < -0.3 is 15.1 Å². The van der Waals surface area contributed by atoms with Crippen molar-refractivity contribution in [1.82, 2.24) is 25.0 Å². The SMILES string of the molecule is CN=C(NCc1ncccc1C)N1CCN(CC(=O)N2CCCCC2)CC1. The highest BCUT2D eigenvalue weighted by Crippen LogP contribution is 2.10. The van der Waals surface area contributed by atoms with E-state index in [1.807, 2.05) is 24.2 Å². The molecule has 7 nitrogen and oxygen atoms in total. The number of carbonyl (C=O) groups is 1. The topological polar surface area (TPSA) is 64.1 Å². The number of nitrogens with one attached hydrogen (secondary N) is 1. The van der Waals surface area contributed by atoms with Crippen LogP contribution in [0.5, 0.6) is 0 Å². The predicted molar refractivity (Wildman–Crippen MR) is 108 cm³/mol. The Bertz CT molecular complexity index is 648. The summed E-state index contributed by atoms with van der Waals surface area (Å²) in [4.78, 5) is 27.9. The van der Waals surface area contributed by atoms with Gasteiger partial charge >= 0.3 is 0 Å². The lowest BCUT2D eigenvalue weighted by atomic mass is 10.1. The third kappa shape index (κ3) is 5.42. The number of aryl methyl sites for hydroxylation is 1. The van der Waals surface area contributed by atoms with E-state index in [4.69, 9.17) is 0 Å². The molecule has 3 rings (SSSR count). The van der Waals surface area contributed by atoms with Gasteiger partial charge in [0.2, 0.25) is 5.91 Å². The third-order valence-corrected chi connectivity index (χ3v) is 5.48. The van der Waals surface area contributed by atoms with Gasteiger partial charge in [0.05, 0.1) is 18.8 Å². The summed E-state index contributed by atoms with van der Waals surface area (Å²) in [6, 6.07) is 4.03. The molecule has 0 saturated carbocycles. The lowest BCUT2D eigenvalue weighted by Gasteiger charge is -2.37. The summed E-state index contributed by atoms with van der Waals surface area (Å²) in [6.45, 7) is 8.71. The van der Waals surface area contributed by atoms with E-state index in [0.29, 0.717) is 13.1 Å². The van der Waals surface area contributed by atoms with Gasteiger partial charge in [-0.2, -0.15) is 0 Å². The predicted octanol–water partition coefficient (Wildman–Crippen LogP) is 1.10. The summed E-state index contributed by atoms with van der Waals surface area (Å²) in [6.07, 6.45) is 5.38. The van der Waals surface area contributed by atoms with Gasteiger partial charge in [-0.15, -0.1) is 0 Å². The van der Waals surface area contributed by atoms with Crippen LogP contribution >= 0.6 is 0 Å². The van der Waals surface area contributed by atoms with E-state index < -0.39 is 0 Å². The van der Waals surface area contributed by atoms with E-state index in [2.05, 4.69) is 38.1 Å². The van der Waals surface area contributed by atoms with Crippen LogP contribution in [-0.2, 0) is 11.3 Å². The van der Waals surface area contributed by atoms with Crippen molar-refractivity contribution in [3.05, 3.63) is 29.6 Å². The molecule has 27 heavy (non-hydrogen) atoms. The number of piperidine rings is 1. The maximum absolute atomic E-state index is 12.5. The molecule has 1 amide bonds. The summed E-state index contributed by atoms with van der Waals surface area (Å²) in [7, 11) is 1.82. The van der Waals surface area contributed by atoms with Crippen molar-refractivity contribution in [2.45, 2.75) is 32.7 Å². The standard InChI is InChI=1S/C20H32N6O/c1-17-7-6-8-22-18(17)15-23-20(21-2)26-13-11-24(12-14-26)16-19(27)25-9-4-3-5-10-25/h6-8H,3-5,9-16H2,1-2H3,(H,21,23). The lowest BCUT2D eigenvalue weighted by molar-refractivity contribution is -0.133. The minimum Gasteiger partial charge on any atom is -0.351 e. The first kappa shape index (κ1) is 19.6. The highest BCUT2D eigenvalue weighted by Gasteiger charge is 2.24. The Morgan fingerprint density at radius 2 is 1.85 bits per heavy atom. The van der Waals surface area contributed by atoms with Crippen molar-refractivity contribution < 1.29 is 4.79 Å². The van der Waals surface area contributed by atoms with Crippen LogP contribution in [0.4, 0.5) is 0 Å². The number of aromatic nitrogens is 1. The molecule has 0 aliphatic carbocycles. The fourth-order valence-corrected chi connectivity index (χ4v) is 3.75. The number of nitrogens with zero attached hydrogens (tertiary/aromatic N) is 5. The van der Waals surface area contributed by atoms with Gasteiger partial charge in [0, 0.05) is 52.5 Å². The Kier molecular flexibility index (Phi) is 7.04. The maximum atomic E-state index is 12.5. The molecule has 3 heterocycles. The largest absolute Gasteiger partial charge is 0.351 e. The van der Waals surface area contributed by atoms with Crippen molar-refractivity contribution in [1.29, 1.82) is 0 Å². The van der Waals surface area contributed by atoms with E-state index in [1.54, 1.807) is 0 Å². The molecule has 0 atom stereocenters. The van der Waals surface area contributed by atoms with Gasteiger partial charge in [0.1, 0.15) is 0 Å². The summed E-state index contributed by atoms with van der Waals surface area (Å²) >= 11 is 0. The van der Waals surface area contributed by atoms with E-state index in [9.17, 15) is 4.79 Å². The molecule has 0 radical (unpaired) electrons. The van der Waals surface area contributed by atoms with Crippen molar-refractivity contribution in [2.75, 3.05) is 52.9 Å². The molecule has 2 aliphatic heterocycles. The summed E-state index contributed by atoms with van der Waals surface area (Å²) in [5.41, 5.74) is 2.23. The minimum atomic E-state index is 0.288. The molecule has 148 valence electrons. The number of hydrogen-bond acceptors (Lipinski definition) is 4. The number of aliphatic imine (C=N–C) groups is 1. The summed E-state index contributed by atoms with van der Waals surface area (Å²) < 4.78 is 0. The molecule has 2 aliphatic rings. The molecule has 1 aromatic rings. The summed E-state index contributed by atoms with van der Waals surface area (Å²) in [5, 5.41) is 3.42. The molecule has 2 saturated heterocycles. The average molecular weight is 373 g/mol. The fraction of sp³-hybridized carbons (Fsp3) is 0.650. The van der Waals surface area contributed by atoms with E-state index >= 15 is 0 Å². The van der Waals surface area contributed by atoms with E-state index in [1.165, 1.54) is 12.0 Å². The Hall–Kier alpha value is -2.15.